The molecule has 0 bridgehead atoms. The van der Waals surface area contributed by atoms with Crippen LogP contribution in [0.4, 0.5) is 0 Å². The minimum Gasteiger partial charge on any atom is -0.481 e. The number of hydrogen-bond donors (Lipinski definition) is 3. The predicted molar refractivity (Wildman–Crippen MR) is 236 cm³/mol. The monoisotopic (exact) mass is 816 g/mol. The first-order valence-corrected chi connectivity index (χ1v) is 20.8. The van der Waals surface area contributed by atoms with E-state index in [0.717, 1.165) is 131 Å². The maximum atomic E-state index is 11.9. The van der Waals surface area contributed by atoms with E-state index >= 15 is 0 Å². The number of nitrogens with one attached hydrogen (secondary N) is 3. The highest BCUT2D eigenvalue weighted by atomic mass is 16.5. The van der Waals surface area contributed by atoms with Crippen molar-refractivity contribution in [2.75, 3.05) is 33.5 Å². The highest BCUT2D eigenvalue weighted by Gasteiger charge is 2.24. The summed E-state index contributed by atoms with van der Waals surface area (Å²) in [5.41, 5.74) is 8.73. The molecule has 10 rings (SSSR count). The van der Waals surface area contributed by atoms with Gasteiger partial charge in [-0.25, -0.2) is 15.0 Å². The molecule has 12 heteroatoms. The van der Waals surface area contributed by atoms with Gasteiger partial charge in [-0.3, -0.25) is 4.79 Å². The average molecular weight is 817 g/mol. The van der Waals surface area contributed by atoms with Gasteiger partial charge in [0.2, 0.25) is 5.88 Å². The van der Waals surface area contributed by atoms with Gasteiger partial charge in [-0.15, -0.1) is 0 Å². The summed E-state index contributed by atoms with van der Waals surface area (Å²) in [6.07, 6.45) is 7.41. The summed E-state index contributed by atoms with van der Waals surface area (Å²) < 4.78 is 29.1. The van der Waals surface area contributed by atoms with Crippen LogP contribution >= 0.6 is 0 Å². The first kappa shape index (κ1) is 39.7. The van der Waals surface area contributed by atoms with Crippen LogP contribution in [0.5, 0.6) is 28.9 Å². The molecule has 4 aromatic heterocycles. The maximum absolute atomic E-state index is 11.9. The third-order valence-corrected chi connectivity index (χ3v) is 11.3. The lowest BCUT2D eigenvalue weighted by Crippen LogP contribution is -2.15. The van der Waals surface area contributed by atoms with Crippen LogP contribution < -0.4 is 19.8 Å². The molecule has 61 heavy (non-hydrogen) atoms. The van der Waals surface area contributed by atoms with Crippen LogP contribution in [0.2, 0.25) is 0 Å². The number of benzene rings is 4. The molecular formula is C49H48N6O6. The van der Waals surface area contributed by atoms with Crippen molar-refractivity contribution < 1.29 is 23.7 Å². The Hall–Kier alpha value is -6.76. The lowest BCUT2D eigenvalue weighted by atomic mass is 10.00. The fraction of sp³-hybridized carbons (Fsp3) is 0.265. The van der Waals surface area contributed by atoms with Gasteiger partial charge < -0.3 is 38.6 Å². The van der Waals surface area contributed by atoms with Gasteiger partial charge in [0.05, 0.1) is 18.1 Å². The zero-order valence-corrected chi connectivity index (χ0v) is 34.5. The molecule has 0 saturated carbocycles. The fourth-order valence-electron chi connectivity index (χ4n) is 8.02. The van der Waals surface area contributed by atoms with Crippen LogP contribution in [0.1, 0.15) is 60.3 Å². The molecule has 0 spiro atoms. The molecule has 310 valence electrons. The van der Waals surface area contributed by atoms with Crippen LogP contribution in [-0.2, 0) is 9.47 Å². The van der Waals surface area contributed by atoms with E-state index in [4.69, 9.17) is 33.7 Å². The number of aromatic amines is 3. The Balaban J connectivity index is 0.000000156. The molecule has 2 saturated heterocycles. The number of rotatable bonds is 9. The van der Waals surface area contributed by atoms with Crippen molar-refractivity contribution in [1.82, 2.24) is 29.9 Å². The number of imidazole rings is 2. The SMILES string of the molecule is COc1ncc(-c2ccc3[nH]c(C4CCOCC4)nc3c2Oc2ccccc2)cc1C.Cc1cc(-c2ccc3[nH]c(C4CCOCC4)nc3c2Oc2ccccc2)c[nH]c1=O. The van der Waals surface area contributed by atoms with E-state index in [0.29, 0.717) is 29.0 Å². The van der Waals surface area contributed by atoms with E-state index < -0.39 is 0 Å². The first-order chi connectivity index (χ1) is 29.9. The van der Waals surface area contributed by atoms with Gasteiger partial charge in [-0.2, -0.15) is 0 Å². The van der Waals surface area contributed by atoms with Crippen molar-refractivity contribution in [3.05, 3.63) is 143 Å². The molecule has 0 aliphatic carbocycles. The number of ether oxygens (including phenoxy) is 5. The van der Waals surface area contributed by atoms with Crippen molar-refractivity contribution in [3.8, 4) is 51.1 Å². The summed E-state index contributed by atoms with van der Waals surface area (Å²) in [7, 11) is 1.63. The molecule has 2 aliphatic rings. The average Bonchev–Trinajstić information content (AvgIpc) is 3.95. The lowest BCUT2D eigenvalue weighted by Gasteiger charge is -2.19. The van der Waals surface area contributed by atoms with Gasteiger partial charge in [0.25, 0.3) is 5.56 Å². The first-order valence-electron chi connectivity index (χ1n) is 20.8. The van der Waals surface area contributed by atoms with E-state index in [1.807, 2.05) is 92.0 Å². The predicted octanol–water partition coefficient (Wildman–Crippen LogP) is 10.5. The highest BCUT2D eigenvalue weighted by molar-refractivity contribution is 5.92. The molecule has 6 heterocycles. The summed E-state index contributed by atoms with van der Waals surface area (Å²) >= 11 is 0. The molecule has 2 fully saturated rings. The molecular weight excluding hydrogens is 769 g/mol. The number of fused-ring (bicyclic) bond motifs is 2. The number of H-pyrrole nitrogens is 3. The Morgan fingerprint density at radius 1 is 0.623 bits per heavy atom. The molecule has 0 atom stereocenters. The lowest BCUT2D eigenvalue weighted by molar-refractivity contribution is 0.0837. The van der Waals surface area contributed by atoms with Gasteiger partial charge >= 0.3 is 0 Å². The van der Waals surface area contributed by atoms with Crippen molar-refractivity contribution in [2.45, 2.75) is 51.4 Å². The topological polar surface area (TPSA) is 149 Å². The number of para-hydroxylation sites is 2. The molecule has 0 radical (unpaired) electrons. The smallest absolute Gasteiger partial charge is 0.250 e. The van der Waals surface area contributed by atoms with Crippen molar-refractivity contribution >= 4 is 22.1 Å². The van der Waals surface area contributed by atoms with Crippen LogP contribution in [0.25, 0.3) is 44.3 Å². The Morgan fingerprint density at radius 3 is 1.59 bits per heavy atom. The van der Waals surface area contributed by atoms with E-state index in [1.54, 1.807) is 20.2 Å². The molecule has 2 aliphatic heterocycles. The van der Waals surface area contributed by atoms with E-state index in [9.17, 15) is 4.79 Å². The molecule has 4 aromatic carbocycles. The molecule has 3 N–H and O–H groups in total. The quantitative estimate of drug-likeness (QED) is 0.129. The summed E-state index contributed by atoms with van der Waals surface area (Å²) in [6.45, 7) is 6.86. The summed E-state index contributed by atoms with van der Waals surface area (Å²) in [5.74, 6) is 6.24. The highest BCUT2D eigenvalue weighted by Crippen LogP contribution is 2.42. The zero-order chi connectivity index (χ0) is 41.7. The molecule has 0 unspecified atom stereocenters. The van der Waals surface area contributed by atoms with Crippen LogP contribution in [0.3, 0.4) is 0 Å². The van der Waals surface area contributed by atoms with Crippen molar-refractivity contribution in [2.24, 2.45) is 0 Å². The summed E-state index contributed by atoms with van der Waals surface area (Å²) in [5, 5.41) is 0. The minimum absolute atomic E-state index is 0.0908. The second kappa shape index (κ2) is 17.8. The Kier molecular flexibility index (Phi) is 11.6. The summed E-state index contributed by atoms with van der Waals surface area (Å²) in [6, 6.07) is 31.6. The fourth-order valence-corrected chi connectivity index (χ4v) is 8.02. The van der Waals surface area contributed by atoms with E-state index in [1.165, 1.54) is 0 Å². The second-order valence-electron chi connectivity index (χ2n) is 15.5. The molecule has 8 aromatic rings. The van der Waals surface area contributed by atoms with Gasteiger partial charge in [-0.1, -0.05) is 36.4 Å². The Labute approximate surface area is 353 Å². The number of aryl methyl sites for hydroxylation is 2. The number of nitrogens with zero attached hydrogens (tertiary/aromatic N) is 3. The number of pyridine rings is 2. The number of aromatic nitrogens is 6. The number of hydrogen-bond acceptors (Lipinski definition) is 9. The largest absolute Gasteiger partial charge is 0.481 e. The molecule has 12 nitrogen and oxygen atoms in total. The van der Waals surface area contributed by atoms with Crippen molar-refractivity contribution in [3.63, 3.8) is 0 Å². The molecule has 0 amide bonds. The normalized spacial score (nSPS) is 14.7. The van der Waals surface area contributed by atoms with Gasteiger partial charge in [0, 0.05) is 84.0 Å². The Bertz CT molecular complexity index is 2820. The van der Waals surface area contributed by atoms with E-state index in [-0.39, 0.29) is 5.56 Å². The Morgan fingerprint density at radius 2 is 1.11 bits per heavy atom. The van der Waals surface area contributed by atoms with Crippen molar-refractivity contribution in [1.29, 1.82) is 0 Å². The summed E-state index contributed by atoms with van der Waals surface area (Å²) in [4.78, 5) is 36.1. The minimum atomic E-state index is -0.0908. The van der Waals surface area contributed by atoms with E-state index in [2.05, 4.69) is 38.1 Å². The van der Waals surface area contributed by atoms with Crippen LogP contribution in [0.15, 0.2) is 114 Å². The van der Waals surface area contributed by atoms with Gasteiger partial charge in [-0.05, 0) is 100 Å². The van der Waals surface area contributed by atoms with Gasteiger partial charge in [0.15, 0.2) is 11.5 Å². The van der Waals surface area contributed by atoms with Gasteiger partial charge in [0.1, 0.15) is 34.2 Å². The number of methoxy groups -OCH3 is 1. The third-order valence-electron chi connectivity index (χ3n) is 11.3. The zero-order valence-electron chi connectivity index (χ0n) is 34.5. The maximum Gasteiger partial charge on any atom is 0.250 e. The third kappa shape index (κ3) is 8.63. The standard InChI is InChI=1S/C25H25N3O3.C24H23N3O3/c1-16-14-18(15-26-25(16)29-2)20-8-9-21-22(23(20)31-19-6-4-3-5-7-19)28-24(27-21)17-10-12-30-13-11-17;1-15-13-17(14-25-24(15)28)19-7-8-20-21(22(19)30-18-5-3-2-4-6-18)27-23(26-20)16-9-11-29-12-10-16/h3-9,14-15,17H,10-13H2,1-2H3,(H,27,28);2-8,13-14,16H,9-12H2,1H3,(H,25,28)(H,26,27). The van der Waals surface area contributed by atoms with Crippen LogP contribution in [-0.4, -0.2) is 63.4 Å². The van der Waals surface area contributed by atoms with Crippen LogP contribution in [0, 0.1) is 13.8 Å². The second-order valence-corrected chi connectivity index (χ2v) is 15.5.